The molecule has 0 bridgehead atoms. The standard InChI is InChI=1S/C25H25F3N6O3/c26-25(27,28)20-15-30-23(32-21(20)9-4-16-2-1-3-17(14-16)22(29)35)31-18-5-7-19(8-6-18)33-10-12-34(13-11-33)24(36)37/h1-3,5-8,14-15H,4,9-13H2,(H2,29,35)(H,36,37)(H,30,31,32). The van der Waals surface area contributed by atoms with Crippen LogP contribution in [0.1, 0.15) is 27.2 Å². The summed E-state index contributed by atoms with van der Waals surface area (Å²) in [6, 6.07) is 13.6. The maximum Gasteiger partial charge on any atom is 0.419 e. The Bertz CT molecular complexity index is 1280. The van der Waals surface area contributed by atoms with Gasteiger partial charge in [-0.1, -0.05) is 12.1 Å². The molecule has 0 unspecified atom stereocenters. The second-order valence-corrected chi connectivity index (χ2v) is 8.54. The van der Waals surface area contributed by atoms with Crippen molar-refractivity contribution in [2.45, 2.75) is 19.0 Å². The summed E-state index contributed by atoms with van der Waals surface area (Å²) in [7, 11) is 0. The number of nitrogens with one attached hydrogen (secondary N) is 1. The molecule has 1 aliphatic heterocycles. The van der Waals surface area contributed by atoms with Crippen molar-refractivity contribution < 1.29 is 27.9 Å². The molecule has 0 atom stereocenters. The number of carbonyl (C=O) groups is 2. The number of primary amides is 1. The van der Waals surface area contributed by atoms with Gasteiger partial charge in [-0.25, -0.2) is 14.8 Å². The third kappa shape index (κ3) is 6.46. The Morgan fingerprint density at radius 3 is 2.35 bits per heavy atom. The molecular formula is C25H25F3N6O3. The highest BCUT2D eigenvalue weighted by molar-refractivity contribution is 5.92. The summed E-state index contributed by atoms with van der Waals surface area (Å²) in [5.41, 5.74) is 6.65. The molecule has 12 heteroatoms. The van der Waals surface area contributed by atoms with Gasteiger partial charge >= 0.3 is 12.3 Å². The van der Waals surface area contributed by atoms with Crippen molar-refractivity contribution in [1.82, 2.24) is 14.9 Å². The summed E-state index contributed by atoms with van der Waals surface area (Å²) < 4.78 is 40.8. The van der Waals surface area contributed by atoms with Gasteiger partial charge in [0.15, 0.2) is 0 Å². The minimum absolute atomic E-state index is 0.0183. The van der Waals surface area contributed by atoms with E-state index in [0.717, 1.165) is 11.9 Å². The van der Waals surface area contributed by atoms with Gasteiger partial charge in [-0.2, -0.15) is 13.2 Å². The fourth-order valence-corrected chi connectivity index (χ4v) is 4.09. The van der Waals surface area contributed by atoms with Crippen molar-refractivity contribution in [1.29, 1.82) is 0 Å². The lowest BCUT2D eigenvalue weighted by molar-refractivity contribution is -0.138. The van der Waals surface area contributed by atoms with Gasteiger partial charge in [0.05, 0.1) is 11.3 Å². The zero-order valence-electron chi connectivity index (χ0n) is 19.7. The molecule has 2 amide bonds. The number of carboxylic acid groups (broad SMARTS) is 1. The molecule has 194 valence electrons. The first kappa shape index (κ1) is 25.7. The van der Waals surface area contributed by atoms with Crippen molar-refractivity contribution in [2.24, 2.45) is 5.73 Å². The normalized spacial score (nSPS) is 13.9. The first-order valence-corrected chi connectivity index (χ1v) is 11.5. The zero-order chi connectivity index (χ0) is 26.6. The Kier molecular flexibility index (Phi) is 7.46. The Hall–Kier alpha value is -4.35. The maximum atomic E-state index is 13.6. The third-order valence-electron chi connectivity index (χ3n) is 6.07. The van der Waals surface area contributed by atoms with E-state index in [1.54, 1.807) is 36.4 Å². The summed E-state index contributed by atoms with van der Waals surface area (Å²) in [5.74, 6) is -0.586. The van der Waals surface area contributed by atoms with Crippen LogP contribution in [0.3, 0.4) is 0 Å². The average Bonchev–Trinajstić information content (AvgIpc) is 2.87. The highest BCUT2D eigenvalue weighted by Crippen LogP contribution is 2.32. The minimum Gasteiger partial charge on any atom is -0.465 e. The summed E-state index contributed by atoms with van der Waals surface area (Å²) in [4.78, 5) is 33.9. The SMILES string of the molecule is NC(=O)c1cccc(CCc2nc(Nc3ccc(N4CCN(C(=O)O)CC4)cc3)ncc2C(F)(F)F)c1. The Balaban J connectivity index is 1.46. The smallest absolute Gasteiger partial charge is 0.419 e. The largest absolute Gasteiger partial charge is 0.465 e. The van der Waals surface area contributed by atoms with Gasteiger partial charge < -0.3 is 26.0 Å². The van der Waals surface area contributed by atoms with Gasteiger partial charge in [0, 0.05) is 49.3 Å². The molecule has 1 aliphatic rings. The third-order valence-corrected chi connectivity index (χ3v) is 6.07. The van der Waals surface area contributed by atoms with Crippen LogP contribution in [0.25, 0.3) is 0 Å². The molecule has 1 fully saturated rings. The number of piperazine rings is 1. The lowest BCUT2D eigenvalue weighted by Crippen LogP contribution is -2.48. The lowest BCUT2D eigenvalue weighted by atomic mass is 10.0. The van der Waals surface area contributed by atoms with Crippen molar-refractivity contribution >= 4 is 29.3 Å². The first-order chi connectivity index (χ1) is 17.6. The molecule has 37 heavy (non-hydrogen) atoms. The minimum atomic E-state index is -4.62. The van der Waals surface area contributed by atoms with Crippen LogP contribution in [0.5, 0.6) is 0 Å². The molecule has 0 spiro atoms. The number of nitrogens with zero attached hydrogens (tertiary/aromatic N) is 4. The van der Waals surface area contributed by atoms with E-state index in [2.05, 4.69) is 20.2 Å². The van der Waals surface area contributed by atoms with Crippen LogP contribution in [0.15, 0.2) is 54.7 Å². The predicted molar refractivity (Wildman–Crippen MR) is 131 cm³/mol. The van der Waals surface area contributed by atoms with E-state index in [4.69, 9.17) is 10.8 Å². The number of amides is 2. The number of hydrogen-bond donors (Lipinski definition) is 3. The number of halogens is 3. The van der Waals surface area contributed by atoms with Crippen LogP contribution in [0, 0.1) is 0 Å². The summed E-state index contributed by atoms with van der Waals surface area (Å²) in [6.45, 7) is 1.94. The van der Waals surface area contributed by atoms with E-state index in [-0.39, 0.29) is 30.0 Å². The second-order valence-electron chi connectivity index (χ2n) is 8.54. The van der Waals surface area contributed by atoms with Crippen LogP contribution >= 0.6 is 0 Å². The number of carbonyl (C=O) groups excluding carboxylic acids is 1. The molecule has 2 aromatic carbocycles. The van der Waals surface area contributed by atoms with Crippen molar-refractivity contribution in [3.05, 3.63) is 77.1 Å². The molecule has 0 saturated carbocycles. The number of hydrogen-bond acceptors (Lipinski definition) is 6. The number of benzene rings is 2. The predicted octanol–water partition coefficient (Wildman–Crippen LogP) is 3.92. The quantitative estimate of drug-likeness (QED) is 0.436. The summed E-state index contributed by atoms with van der Waals surface area (Å²) in [6.07, 6.45) is -4.58. The highest BCUT2D eigenvalue weighted by atomic mass is 19.4. The number of alkyl halides is 3. The molecular weight excluding hydrogens is 489 g/mol. The average molecular weight is 515 g/mol. The van der Waals surface area contributed by atoms with Crippen molar-refractivity contribution in [3.8, 4) is 0 Å². The molecule has 4 rings (SSSR count). The fourth-order valence-electron chi connectivity index (χ4n) is 4.09. The van der Waals surface area contributed by atoms with E-state index in [1.807, 2.05) is 12.1 Å². The van der Waals surface area contributed by atoms with Crippen LogP contribution < -0.4 is 16.0 Å². The summed E-state index contributed by atoms with van der Waals surface area (Å²) >= 11 is 0. The monoisotopic (exact) mass is 514 g/mol. The number of rotatable bonds is 7. The van der Waals surface area contributed by atoms with E-state index in [9.17, 15) is 22.8 Å². The van der Waals surface area contributed by atoms with Crippen LogP contribution in [0.4, 0.5) is 35.3 Å². The number of anilines is 3. The van der Waals surface area contributed by atoms with E-state index < -0.39 is 23.7 Å². The highest BCUT2D eigenvalue weighted by Gasteiger charge is 2.34. The maximum absolute atomic E-state index is 13.6. The Labute approximate surface area is 210 Å². The molecule has 2 heterocycles. The van der Waals surface area contributed by atoms with Gasteiger partial charge in [-0.3, -0.25) is 4.79 Å². The molecule has 1 aromatic heterocycles. The zero-order valence-corrected chi connectivity index (χ0v) is 19.7. The van der Waals surface area contributed by atoms with Crippen molar-refractivity contribution in [3.63, 3.8) is 0 Å². The molecule has 0 aliphatic carbocycles. The number of aromatic nitrogens is 2. The van der Waals surface area contributed by atoms with Crippen LogP contribution in [0.2, 0.25) is 0 Å². The van der Waals surface area contributed by atoms with Gasteiger partial charge in [0.25, 0.3) is 0 Å². The molecule has 0 radical (unpaired) electrons. The topological polar surface area (TPSA) is 125 Å². The number of nitrogens with two attached hydrogens (primary N) is 1. The van der Waals surface area contributed by atoms with E-state index in [1.165, 1.54) is 4.90 Å². The first-order valence-electron chi connectivity index (χ1n) is 11.5. The van der Waals surface area contributed by atoms with Crippen LogP contribution in [-0.2, 0) is 19.0 Å². The van der Waals surface area contributed by atoms with E-state index >= 15 is 0 Å². The summed E-state index contributed by atoms with van der Waals surface area (Å²) in [5, 5.41) is 12.0. The van der Waals surface area contributed by atoms with Gasteiger partial charge in [-0.05, 0) is 54.8 Å². The Morgan fingerprint density at radius 2 is 1.73 bits per heavy atom. The molecule has 4 N–H and O–H groups in total. The van der Waals surface area contributed by atoms with E-state index in [0.29, 0.717) is 37.4 Å². The van der Waals surface area contributed by atoms with Gasteiger partial charge in [-0.15, -0.1) is 0 Å². The molecule has 9 nitrogen and oxygen atoms in total. The number of aryl methyl sites for hydroxylation is 2. The molecule has 1 saturated heterocycles. The Morgan fingerprint density at radius 1 is 1.03 bits per heavy atom. The fraction of sp³-hybridized carbons (Fsp3) is 0.280. The second kappa shape index (κ2) is 10.7. The molecule has 3 aromatic rings. The van der Waals surface area contributed by atoms with Crippen LogP contribution in [-0.4, -0.2) is 58.2 Å². The lowest BCUT2D eigenvalue weighted by Gasteiger charge is -2.34. The van der Waals surface area contributed by atoms with Crippen molar-refractivity contribution in [2.75, 3.05) is 36.4 Å². The van der Waals surface area contributed by atoms with Gasteiger partial charge in [0.2, 0.25) is 11.9 Å². The van der Waals surface area contributed by atoms with Gasteiger partial charge in [0.1, 0.15) is 0 Å².